The van der Waals surface area contributed by atoms with Crippen molar-refractivity contribution in [1.82, 2.24) is 9.97 Å². The average molecular weight is 443 g/mol. The summed E-state index contributed by atoms with van der Waals surface area (Å²) < 4.78 is 3.15. The molecule has 130 valence electrons. The van der Waals surface area contributed by atoms with Gasteiger partial charge in [0.1, 0.15) is 0 Å². The smallest absolute Gasteiger partial charge is 0.222 e. The number of thioether (sulfide) groups is 1. The van der Waals surface area contributed by atoms with Crippen LogP contribution in [0.2, 0.25) is 0 Å². The summed E-state index contributed by atoms with van der Waals surface area (Å²) in [6, 6.07) is 20.5. The number of nitrogens with two attached hydrogens (primary N) is 1. The van der Waals surface area contributed by atoms with Crippen molar-refractivity contribution in [2.75, 3.05) is 15.9 Å². The second kappa shape index (κ2) is 7.26. The zero-order valence-electron chi connectivity index (χ0n) is 13.9. The van der Waals surface area contributed by atoms with Gasteiger partial charge in [-0.25, -0.2) is 4.98 Å². The lowest BCUT2D eigenvalue weighted by molar-refractivity contribution is 1.21. The molecule has 2 N–H and O–H groups in total. The van der Waals surface area contributed by atoms with Gasteiger partial charge in [0.15, 0.2) is 5.82 Å². The van der Waals surface area contributed by atoms with Crippen molar-refractivity contribution in [3.8, 4) is 10.4 Å². The molecule has 0 atom stereocenters. The third-order valence-corrected chi connectivity index (χ3v) is 6.89. The zero-order chi connectivity index (χ0) is 18.1. The van der Waals surface area contributed by atoms with Crippen LogP contribution in [-0.2, 0) is 0 Å². The molecule has 7 heteroatoms. The Hall–Kier alpha value is -2.09. The highest BCUT2D eigenvalue weighted by Gasteiger charge is 2.15. The predicted octanol–water partition coefficient (Wildman–Crippen LogP) is 6.11. The van der Waals surface area contributed by atoms with Gasteiger partial charge in [-0.2, -0.15) is 4.98 Å². The normalized spacial score (nSPS) is 11.0. The summed E-state index contributed by atoms with van der Waals surface area (Å²) in [6.07, 6.45) is 2.09. The van der Waals surface area contributed by atoms with Crippen LogP contribution in [0.25, 0.3) is 21.3 Å². The molecule has 0 aliphatic carbocycles. The van der Waals surface area contributed by atoms with Gasteiger partial charge in [0, 0.05) is 10.3 Å². The molecule has 0 aliphatic rings. The minimum absolute atomic E-state index is 0.251. The SMILES string of the molecule is CSc1ccc(-c2ccc3nc(N)nc(N(Br)c4ccccc4)c3c2)s1. The molecule has 0 saturated heterocycles. The van der Waals surface area contributed by atoms with Crippen LogP contribution in [0.15, 0.2) is 64.9 Å². The molecular formula is C19H15BrN4S2. The van der Waals surface area contributed by atoms with Crippen LogP contribution < -0.4 is 9.66 Å². The molecule has 0 saturated carbocycles. The Kier molecular flexibility index (Phi) is 4.84. The van der Waals surface area contributed by atoms with Gasteiger partial charge in [-0.1, -0.05) is 24.3 Å². The average Bonchev–Trinajstić information content (AvgIpc) is 3.16. The number of aromatic nitrogens is 2. The molecule has 4 aromatic rings. The molecule has 0 unspecified atom stereocenters. The Bertz CT molecular complexity index is 1070. The van der Waals surface area contributed by atoms with Gasteiger partial charge >= 0.3 is 0 Å². The number of rotatable bonds is 4. The molecule has 2 heterocycles. The van der Waals surface area contributed by atoms with E-state index in [4.69, 9.17) is 5.73 Å². The quantitative estimate of drug-likeness (QED) is 0.305. The van der Waals surface area contributed by atoms with Crippen LogP contribution in [0.3, 0.4) is 0 Å². The number of halogens is 1. The second-order valence-electron chi connectivity index (χ2n) is 5.58. The van der Waals surface area contributed by atoms with Crippen LogP contribution >= 0.6 is 39.2 Å². The van der Waals surface area contributed by atoms with E-state index in [9.17, 15) is 0 Å². The van der Waals surface area contributed by atoms with Gasteiger partial charge in [-0.05, 0) is 48.2 Å². The number of hydrogen-bond donors (Lipinski definition) is 1. The monoisotopic (exact) mass is 442 g/mol. The maximum atomic E-state index is 5.94. The topological polar surface area (TPSA) is 55.0 Å². The largest absolute Gasteiger partial charge is 0.368 e. The minimum Gasteiger partial charge on any atom is -0.368 e. The van der Waals surface area contributed by atoms with Crippen LogP contribution in [0.1, 0.15) is 0 Å². The summed E-state index contributed by atoms with van der Waals surface area (Å²) in [5, 5.41) is 0.941. The van der Waals surface area contributed by atoms with Crippen molar-refractivity contribution < 1.29 is 0 Å². The Balaban J connectivity index is 1.87. The third-order valence-electron chi connectivity index (χ3n) is 3.93. The summed E-state index contributed by atoms with van der Waals surface area (Å²) in [5.41, 5.74) is 8.87. The maximum Gasteiger partial charge on any atom is 0.222 e. The first-order chi connectivity index (χ1) is 12.7. The molecule has 4 rings (SSSR count). The third kappa shape index (κ3) is 3.30. The number of anilines is 3. The zero-order valence-corrected chi connectivity index (χ0v) is 17.1. The van der Waals surface area contributed by atoms with E-state index in [1.807, 2.05) is 40.3 Å². The fourth-order valence-electron chi connectivity index (χ4n) is 2.70. The van der Waals surface area contributed by atoms with Crippen molar-refractivity contribution in [3.05, 3.63) is 60.7 Å². The molecule has 0 fully saturated rings. The van der Waals surface area contributed by atoms with Gasteiger partial charge in [-0.15, -0.1) is 23.1 Å². The number of benzene rings is 2. The van der Waals surface area contributed by atoms with Crippen molar-refractivity contribution in [2.45, 2.75) is 4.21 Å². The predicted molar refractivity (Wildman–Crippen MR) is 117 cm³/mol. The number of nitrogens with zero attached hydrogens (tertiary/aromatic N) is 3. The molecule has 2 aromatic carbocycles. The fourth-order valence-corrected chi connectivity index (χ4v) is 4.75. The summed E-state index contributed by atoms with van der Waals surface area (Å²) >= 11 is 7.17. The summed E-state index contributed by atoms with van der Waals surface area (Å²) in [4.78, 5) is 10.1. The maximum absolute atomic E-state index is 5.94. The van der Waals surface area contributed by atoms with Crippen LogP contribution in [0.5, 0.6) is 0 Å². The lowest BCUT2D eigenvalue weighted by Crippen LogP contribution is -2.07. The Morgan fingerprint density at radius 3 is 2.58 bits per heavy atom. The molecule has 0 amide bonds. The van der Waals surface area contributed by atoms with E-state index >= 15 is 0 Å². The van der Waals surface area contributed by atoms with E-state index in [-0.39, 0.29) is 5.95 Å². The molecule has 4 nitrogen and oxygen atoms in total. The second-order valence-corrected chi connectivity index (χ2v) is 8.48. The highest BCUT2D eigenvalue weighted by molar-refractivity contribution is 9.10. The van der Waals surface area contributed by atoms with Crippen LogP contribution in [-0.4, -0.2) is 16.2 Å². The van der Waals surface area contributed by atoms with Crippen molar-refractivity contribution >= 4 is 67.6 Å². The number of hydrogen-bond acceptors (Lipinski definition) is 6. The van der Waals surface area contributed by atoms with Gasteiger partial charge in [0.2, 0.25) is 5.95 Å². The first-order valence-electron chi connectivity index (χ1n) is 7.88. The number of thiophene rings is 1. The lowest BCUT2D eigenvalue weighted by atomic mass is 10.1. The number of para-hydroxylation sites is 1. The van der Waals surface area contributed by atoms with E-state index < -0.39 is 0 Å². The van der Waals surface area contributed by atoms with Gasteiger partial charge in [0.25, 0.3) is 0 Å². The highest BCUT2D eigenvalue weighted by atomic mass is 79.9. The van der Waals surface area contributed by atoms with E-state index in [2.05, 4.69) is 56.6 Å². The summed E-state index contributed by atoms with van der Waals surface area (Å²) in [7, 11) is 0. The van der Waals surface area contributed by atoms with E-state index in [0.29, 0.717) is 0 Å². The molecule has 0 spiro atoms. The summed E-state index contributed by atoms with van der Waals surface area (Å²) in [6.45, 7) is 0. The van der Waals surface area contributed by atoms with Crippen molar-refractivity contribution in [2.24, 2.45) is 0 Å². The first-order valence-corrected chi connectivity index (χ1v) is 10.6. The van der Waals surface area contributed by atoms with Gasteiger partial charge in [-0.3, -0.25) is 3.93 Å². The lowest BCUT2D eigenvalue weighted by Gasteiger charge is -2.18. The molecule has 26 heavy (non-hydrogen) atoms. The molecular weight excluding hydrogens is 428 g/mol. The van der Waals surface area contributed by atoms with E-state index in [1.165, 1.54) is 9.09 Å². The van der Waals surface area contributed by atoms with Crippen LogP contribution in [0.4, 0.5) is 17.5 Å². The standard InChI is InChI=1S/C19H15BrN4S2/c1-25-17-10-9-16(26-17)12-7-8-15-14(11-12)18(23-19(21)22-15)24(20)13-5-3-2-4-6-13/h2-11H,1H3,(H2,21,22,23). The first kappa shape index (κ1) is 17.3. The Morgan fingerprint density at radius 2 is 1.85 bits per heavy atom. The Labute approximate surface area is 168 Å². The van der Waals surface area contributed by atoms with E-state index in [0.717, 1.165) is 28.0 Å². The summed E-state index contributed by atoms with van der Waals surface area (Å²) in [5.74, 6) is 0.976. The number of fused-ring (bicyclic) bond motifs is 1. The van der Waals surface area contributed by atoms with Gasteiger partial charge < -0.3 is 5.73 Å². The number of nitrogen functional groups attached to an aromatic ring is 1. The Morgan fingerprint density at radius 1 is 1.04 bits per heavy atom. The van der Waals surface area contributed by atoms with Crippen molar-refractivity contribution in [3.63, 3.8) is 0 Å². The molecule has 0 aliphatic heterocycles. The van der Waals surface area contributed by atoms with Crippen LogP contribution in [0, 0.1) is 0 Å². The minimum atomic E-state index is 0.251. The highest BCUT2D eigenvalue weighted by Crippen LogP contribution is 2.38. The molecule has 2 aromatic heterocycles. The van der Waals surface area contributed by atoms with Crippen molar-refractivity contribution in [1.29, 1.82) is 0 Å². The molecule has 0 radical (unpaired) electrons. The fraction of sp³-hybridized carbons (Fsp3) is 0.0526. The van der Waals surface area contributed by atoms with Gasteiger partial charge in [0.05, 0.1) is 31.6 Å². The van der Waals surface area contributed by atoms with E-state index in [1.54, 1.807) is 23.1 Å². The molecule has 0 bridgehead atoms.